The van der Waals surface area contributed by atoms with E-state index in [9.17, 15) is 9.59 Å². The van der Waals surface area contributed by atoms with Gasteiger partial charge in [-0.1, -0.05) is 30.3 Å². The summed E-state index contributed by atoms with van der Waals surface area (Å²) in [4.78, 5) is 23.1. The third kappa shape index (κ3) is 3.32. The van der Waals surface area contributed by atoms with Crippen molar-refractivity contribution in [3.8, 4) is 0 Å². The molecule has 0 fully saturated rings. The highest BCUT2D eigenvalue weighted by Crippen LogP contribution is 2.47. The molecule has 0 saturated carbocycles. The van der Waals surface area contributed by atoms with Crippen LogP contribution in [0.4, 0.5) is 0 Å². The zero-order valence-electron chi connectivity index (χ0n) is 14.5. The molecule has 0 aromatic heterocycles. The van der Waals surface area contributed by atoms with E-state index in [0.29, 0.717) is 0 Å². The molecular weight excluding hydrogens is 280 g/mol. The van der Waals surface area contributed by atoms with Crippen molar-refractivity contribution >= 4 is 11.9 Å². The van der Waals surface area contributed by atoms with E-state index in [1.54, 1.807) is 0 Å². The Balaban J connectivity index is 3.51. The van der Waals surface area contributed by atoms with Crippen molar-refractivity contribution in [2.24, 2.45) is 0 Å². The summed E-state index contributed by atoms with van der Waals surface area (Å²) in [5.74, 6) is -0.739. The molecule has 1 aromatic rings. The molecule has 0 spiro atoms. The molecule has 0 radical (unpaired) electrons. The second-order valence-corrected chi connectivity index (χ2v) is 6.70. The van der Waals surface area contributed by atoms with E-state index < -0.39 is 16.6 Å². The Kier molecular flexibility index (Phi) is 5.06. The van der Waals surface area contributed by atoms with Gasteiger partial charge < -0.3 is 9.47 Å². The van der Waals surface area contributed by atoms with Crippen molar-refractivity contribution in [2.45, 2.75) is 65.1 Å². The maximum atomic E-state index is 11.6. The molecule has 0 unspecified atom stereocenters. The lowest BCUT2D eigenvalue weighted by Gasteiger charge is -2.52. The average molecular weight is 306 g/mol. The monoisotopic (exact) mass is 306 g/mol. The summed E-state index contributed by atoms with van der Waals surface area (Å²) in [5.41, 5.74) is -1.55. The quantitative estimate of drug-likeness (QED) is 0.780. The summed E-state index contributed by atoms with van der Waals surface area (Å²) in [5, 5.41) is 0. The molecule has 22 heavy (non-hydrogen) atoms. The van der Waals surface area contributed by atoms with E-state index in [-0.39, 0.29) is 11.9 Å². The van der Waals surface area contributed by atoms with Crippen molar-refractivity contribution in [1.82, 2.24) is 0 Å². The number of carbonyl (C=O) groups is 2. The van der Waals surface area contributed by atoms with Crippen LogP contribution < -0.4 is 0 Å². The molecule has 0 heterocycles. The molecule has 1 aromatic carbocycles. The molecule has 0 aliphatic rings. The van der Waals surface area contributed by atoms with Crippen LogP contribution in [0.5, 0.6) is 0 Å². The zero-order chi connectivity index (χ0) is 17.2. The maximum Gasteiger partial charge on any atom is 0.303 e. The smallest absolute Gasteiger partial charge is 0.303 e. The van der Waals surface area contributed by atoms with Gasteiger partial charge in [-0.2, -0.15) is 0 Å². The molecule has 4 heteroatoms. The molecule has 0 bridgehead atoms. The van der Waals surface area contributed by atoms with Crippen LogP contribution in [0.2, 0.25) is 0 Å². The lowest BCUT2D eigenvalue weighted by molar-refractivity contribution is -0.187. The predicted molar refractivity (Wildman–Crippen MR) is 85.5 cm³/mol. The molecule has 0 aliphatic heterocycles. The van der Waals surface area contributed by atoms with Gasteiger partial charge in [0.2, 0.25) is 0 Å². The largest absolute Gasteiger partial charge is 0.459 e. The summed E-state index contributed by atoms with van der Waals surface area (Å²) in [7, 11) is 0. The molecular formula is C18H26O4. The van der Waals surface area contributed by atoms with Crippen LogP contribution in [0.1, 0.15) is 54.0 Å². The summed E-state index contributed by atoms with van der Waals surface area (Å²) < 4.78 is 11.2. The number of hydrogen-bond donors (Lipinski definition) is 0. The average Bonchev–Trinajstić information content (AvgIpc) is 2.35. The third-order valence-electron chi connectivity index (χ3n) is 4.56. The first-order valence-corrected chi connectivity index (χ1v) is 7.39. The van der Waals surface area contributed by atoms with Crippen LogP contribution in [0.15, 0.2) is 30.3 Å². The van der Waals surface area contributed by atoms with Crippen molar-refractivity contribution in [2.75, 3.05) is 0 Å². The summed E-state index contributed by atoms with van der Waals surface area (Å²) in [6, 6.07) is 9.66. The van der Waals surface area contributed by atoms with Gasteiger partial charge in [-0.25, -0.2) is 0 Å². The highest BCUT2D eigenvalue weighted by Gasteiger charge is 2.56. The van der Waals surface area contributed by atoms with Gasteiger partial charge in [0.1, 0.15) is 11.2 Å². The van der Waals surface area contributed by atoms with E-state index in [0.717, 1.165) is 5.56 Å². The summed E-state index contributed by atoms with van der Waals surface area (Å²) in [6.45, 7) is 12.1. The Morgan fingerprint density at radius 2 is 1.14 bits per heavy atom. The second-order valence-electron chi connectivity index (χ2n) is 6.70. The molecule has 122 valence electrons. The first-order chi connectivity index (χ1) is 9.94. The van der Waals surface area contributed by atoms with Crippen LogP contribution in [-0.2, 0) is 24.5 Å². The SMILES string of the molecule is CC(=O)OC(C)(C)C(C)(c1ccccc1)C(C)(C)OC(C)=O. The predicted octanol–water partition coefficient (Wildman–Crippen LogP) is 3.63. The minimum Gasteiger partial charge on any atom is -0.459 e. The Bertz CT molecular complexity index is 515. The number of carbonyl (C=O) groups excluding carboxylic acids is 2. The highest BCUT2D eigenvalue weighted by molar-refractivity contribution is 5.68. The fraction of sp³-hybridized carbons (Fsp3) is 0.556. The van der Waals surface area contributed by atoms with E-state index >= 15 is 0 Å². The molecule has 4 nitrogen and oxygen atoms in total. The van der Waals surface area contributed by atoms with E-state index in [2.05, 4.69) is 0 Å². The van der Waals surface area contributed by atoms with Crippen molar-refractivity contribution < 1.29 is 19.1 Å². The topological polar surface area (TPSA) is 52.6 Å². The lowest BCUT2D eigenvalue weighted by Crippen LogP contribution is -2.61. The Morgan fingerprint density at radius 3 is 1.45 bits per heavy atom. The van der Waals surface area contributed by atoms with Crippen LogP contribution >= 0.6 is 0 Å². The van der Waals surface area contributed by atoms with Crippen LogP contribution in [-0.4, -0.2) is 23.1 Å². The molecule has 0 aliphatic carbocycles. The van der Waals surface area contributed by atoms with Gasteiger partial charge in [-0.05, 0) is 40.2 Å². The fourth-order valence-electron chi connectivity index (χ4n) is 3.11. The molecule has 0 N–H and O–H groups in total. The van der Waals surface area contributed by atoms with Gasteiger partial charge in [-0.15, -0.1) is 0 Å². The van der Waals surface area contributed by atoms with Gasteiger partial charge in [-0.3, -0.25) is 9.59 Å². The number of hydrogen-bond acceptors (Lipinski definition) is 4. The van der Waals surface area contributed by atoms with Crippen LogP contribution in [0.3, 0.4) is 0 Å². The van der Waals surface area contributed by atoms with E-state index in [4.69, 9.17) is 9.47 Å². The van der Waals surface area contributed by atoms with Crippen LogP contribution in [0.25, 0.3) is 0 Å². The molecule has 1 rings (SSSR count). The number of ether oxygens (including phenoxy) is 2. The molecule has 0 saturated heterocycles. The van der Waals surface area contributed by atoms with Gasteiger partial charge in [0.25, 0.3) is 0 Å². The Labute approximate surface area is 132 Å². The van der Waals surface area contributed by atoms with E-state index in [1.807, 2.05) is 65.0 Å². The molecule has 0 atom stereocenters. The minimum absolute atomic E-state index is 0.370. The zero-order valence-corrected chi connectivity index (χ0v) is 14.5. The standard InChI is InChI=1S/C18H26O4/c1-13(19)21-16(3,4)18(7,15-11-9-8-10-12-15)17(5,6)22-14(2)20/h8-12H,1-7H3. The Morgan fingerprint density at radius 1 is 0.773 bits per heavy atom. The lowest BCUT2D eigenvalue weighted by atomic mass is 9.61. The van der Waals surface area contributed by atoms with Crippen LogP contribution in [0, 0.1) is 0 Å². The van der Waals surface area contributed by atoms with Crippen molar-refractivity contribution in [3.63, 3.8) is 0 Å². The normalized spacial score (nSPS) is 12.7. The fourth-order valence-corrected chi connectivity index (χ4v) is 3.11. The van der Waals surface area contributed by atoms with Crippen molar-refractivity contribution in [1.29, 1.82) is 0 Å². The minimum atomic E-state index is -0.876. The maximum absolute atomic E-state index is 11.6. The second kappa shape index (κ2) is 6.11. The number of benzene rings is 1. The van der Waals surface area contributed by atoms with Gasteiger partial charge >= 0.3 is 11.9 Å². The van der Waals surface area contributed by atoms with Gasteiger partial charge in [0, 0.05) is 13.8 Å². The van der Waals surface area contributed by atoms with Gasteiger partial charge in [0.05, 0.1) is 5.41 Å². The van der Waals surface area contributed by atoms with Crippen molar-refractivity contribution in [3.05, 3.63) is 35.9 Å². The first kappa shape index (κ1) is 18.2. The first-order valence-electron chi connectivity index (χ1n) is 7.39. The molecule has 0 amide bonds. The van der Waals surface area contributed by atoms with E-state index in [1.165, 1.54) is 13.8 Å². The Hall–Kier alpha value is -1.84. The third-order valence-corrected chi connectivity index (χ3v) is 4.56. The van der Waals surface area contributed by atoms with Gasteiger partial charge in [0.15, 0.2) is 0 Å². The highest BCUT2D eigenvalue weighted by atomic mass is 16.6. The summed E-state index contributed by atoms with van der Waals surface area (Å²) in [6.07, 6.45) is 0. The number of rotatable bonds is 5. The summed E-state index contributed by atoms with van der Waals surface area (Å²) >= 11 is 0. The number of esters is 2.